The molecule has 0 aromatic heterocycles. The van der Waals surface area contributed by atoms with Gasteiger partial charge in [0, 0.05) is 5.18 Å². The Bertz CT molecular complexity index is 64.8. The molecule has 0 fully saturated rings. The number of halogens is 3. The standard InChI is InChI=1S/CF3NO.Li.H/c2-1(3,4)5-6;;/q;+1;-1. The van der Waals surface area contributed by atoms with Crippen LogP contribution in [0.4, 0.5) is 13.2 Å². The van der Waals surface area contributed by atoms with E-state index in [-0.39, 0.29) is 20.3 Å². The van der Waals surface area contributed by atoms with E-state index in [9.17, 15) is 13.2 Å². The van der Waals surface area contributed by atoms with Gasteiger partial charge in [0.1, 0.15) is 0 Å². The maximum atomic E-state index is 10.3. The predicted molar refractivity (Wildman–Crippen MR) is 13.0 cm³/mol. The fraction of sp³-hybridized carbons (Fsp3) is 1.00. The van der Waals surface area contributed by atoms with Gasteiger partial charge in [-0.2, -0.15) is 0 Å². The van der Waals surface area contributed by atoms with E-state index < -0.39 is 6.30 Å². The second-order valence-electron chi connectivity index (χ2n) is 0.559. The SMILES string of the molecule is O=NC(F)(F)F.[H-].[Li+]. The Balaban J connectivity index is -0.000000125. The molecule has 0 aliphatic heterocycles. The summed E-state index contributed by atoms with van der Waals surface area (Å²) >= 11 is 0. The summed E-state index contributed by atoms with van der Waals surface area (Å²) in [5, 5.41) is 0.771. The molecular formula is CHF3LiNO. The van der Waals surface area contributed by atoms with Gasteiger partial charge < -0.3 is 1.43 Å². The van der Waals surface area contributed by atoms with Crippen LogP contribution in [0.25, 0.3) is 0 Å². The van der Waals surface area contributed by atoms with Crippen molar-refractivity contribution in [2.75, 3.05) is 0 Å². The quantitative estimate of drug-likeness (QED) is 0.208. The molecule has 0 atom stereocenters. The van der Waals surface area contributed by atoms with Crippen molar-refractivity contribution in [2.24, 2.45) is 5.18 Å². The van der Waals surface area contributed by atoms with Crippen LogP contribution in [-0.4, -0.2) is 6.30 Å². The average molecular weight is 107 g/mol. The molecule has 0 heterocycles. The van der Waals surface area contributed by atoms with E-state index in [1.807, 2.05) is 0 Å². The van der Waals surface area contributed by atoms with Crippen molar-refractivity contribution in [3.8, 4) is 0 Å². The summed E-state index contributed by atoms with van der Waals surface area (Å²) in [6.07, 6.45) is -4.89. The van der Waals surface area contributed by atoms with Gasteiger partial charge in [0.05, 0.1) is 0 Å². The fourth-order valence-corrected chi connectivity index (χ4v) is 0. The van der Waals surface area contributed by atoms with E-state index >= 15 is 0 Å². The van der Waals surface area contributed by atoms with E-state index in [0.29, 0.717) is 0 Å². The third kappa shape index (κ3) is 10.7. The maximum absolute atomic E-state index is 10.3. The average Bonchev–Trinajstić information content (AvgIpc) is 1.35. The van der Waals surface area contributed by atoms with Gasteiger partial charge in [-0.05, 0) is 0 Å². The first-order valence-electron chi connectivity index (χ1n) is 0.973. The maximum Gasteiger partial charge on any atom is 1.00 e. The molecule has 0 amide bonds. The third-order valence-electron chi connectivity index (χ3n) is 0.104. The van der Waals surface area contributed by atoms with Crippen LogP contribution >= 0.6 is 0 Å². The van der Waals surface area contributed by atoms with Crippen LogP contribution in [-0.2, 0) is 0 Å². The van der Waals surface area contributed by atoms with Gasteiger partial charge in [0.2, 0.25) is 0 Å². The molecule has 0 rings (SSSR count). The van der Waals surface area contributed by atoms with Gasteiger partial charge in [-0.15, -0.1) is 18.1 Å². The molecule has 0 saturated carbocycles. The van der Waals surface area contributed by atoms with Crippen molar-refractivity contribution in [2.45, 2.75) is 6.30 Å². The molecule has 0 bridgehead atoms. The number of alkyl halides is 3. The summed E-state index contributed by atoms with van der Waals surface area (Å²) in [4.78, 5) is 8.45. The zero-order valence-corrected chi connectivity index (χ0v) is 3.49. The zero-order chi connectivity index (χ0) is 5.21. The van der Waals surface area contributed by atoms with Gasteiger partial charge in [-0.25, -0.2) is 0 Å². The number of nitrogens with zero attached hydrogens (tertiary/aromatic N) is 1. The number of hydrogen-bond acceptors (Lipinski definition) is 2. The first kappa shape index (κ1) is 10.1. The Labute approximate surface area is 50.7 Å². The van der Waals surface area contributed by atoms with Gasteiger partial charge in [0.25, 0.3) is 0 Å². The fourth-order valence-electron chi connectivity index (χ4n) is 0. The minimum atomic E-state index is -4.89. The third-order valence-corrected chi connectivity index (χ3v) is 0.104. The normalized spacial score (nSPS) is 9.57. The van der Waals surface area contributed by atoms with Crippen molar-refractivity contribution in [3.05, 3.63) is 4.91 Å². The van der Waals surface area contributed by atoms with E-state index in [0.717, 1.165) is 5.18 Å². The molecule has 0 aromatic carbocycles. The van der Waals surface area contributed by atoms with E-state index in [1.54, 1.807) is 0 Å². The second-order valence-corrected chi connectivity index (χ2v) is 0.559. The predicted octanol–water partition coefficient (Wildman–Crippen LogP) is -1.61. The Morgan fingerprint density at radius 2 is 1.57 bits per heavy atom. The van der Waals surface area contributed by atoms with Crippen LogP contribution in [0.5, 0.6) is 0 Å². The summed E-state index contributed by atoms with van der Waals surface area (Å²) in [6, 6.07) is 0. The number of nitroso groups, excluding NO2 is 1. The number of hydrogen-bond donors (Lipinski definition) is 0. The minimum absolute atomic E-state index is 0. The molecule has 0 aliphatic rings. The van der Waals surface area contributed by atoms with Crippen LogP contribution < -0.4 is 18.9 Å². The van der Waals surface area contributed by atoms with E-state index in [2.05, 4.69) is 0 Å². The molecule has 0 radical (unpaired) electrons. The molecule has 0 spiro atoms. The van der Waals surface area contributed by atoms with Crippen LogP contribution in [0.2, 0.25) is 0 Å². The van der Waals surface area contributed by atoms with Gasteiger partial charge in [-0.3, -0.25) is 0 Å². The van der Waals surface area contributed by atoms with Gasteiger partial charge in [0.15, 0.2) is 0 Å². The van der Waals surface area contributed by atoms with Crippen molar-refractivity contribution in [1.82, 2.24) is 0 Å². The van der Waals surface area contributed by atoms with Crippen LogP contribution in [0.3, 0.4) is 0 Å². The Morgan fingerprint density at radius 1 is 1.43 bits per heavy atom. The molecule has 0 aliphatic carbocycles. The summed E-state index contributed by atoms with van der Waals surface area (Å²) in [6.45, 7) is 0. The van der Waals surface area contributed by atoms with Gasteiger partial charge >= 0.3 is 25.2 Å². The van der Waals surface area contributed by atoms with Crippen molar-refractivity contribution < 1.29 is 33.5 Å². The van der Waals surface area contributed by atoms with E-state index in [4.69, 9.17) is 4.91 Å². The molecule has 2 nitrogen and oxygen atoms in total. The van der Waals surface area contributed by atoms with Crippen molar-refractivity contribution in [3.63, 3.8) is 0 Å². The second kappa shape index (κ2) is 3.05. The smallest absolute Gasteiger partial charge is 1.00 e. The molecule has 0 N–H and O–H groups in total. The minimum Gasteiger partial charge on any atom is -1.00 e. The van der Waals surface area contributed by atoms with Crippen LogP contribution in [0, 0.1) is 4.91 Å². The summed E-state index contributed by atoms with van der Waals surface area (Å²) < 4.78 is 30.9. The Morgan fingerprint density at radius 3 is 1.57 bits per heavy atom. The van der Waals surface area contributed by atoms with Crippen LogP contribution in [0.1, 0.15) is 1.43 Å². The Hall–Kier alpha value is -0.0126. The largest absolute Gasteiger partial charge is 1.00 e. The Kier molecular flexibility index (Phi) is 4.39. The zero-order valence-electron chi connectivity index (χ0n) is 4.49. The summed E-state index contributed by atoms with van der Waals surface area (Å²) in [5.41, 5.74) is 0. The van der Waals surface area contributed by atoms with Gasteiger partial charge in [-0.1, -0.05) is 0 Å². The molecule has 0 saturated heterocycles. The first-order valence-corrected chi connectivity index (χ1v) is 0.973. The van der Waals surface area contributed by atoms with Crippen LogP contribution in [0.15, 0.2) is 5.18 Å². The molecule has 0 aromatic rings. The summed E-state index contributed by atoms with van der Waals surface area (Å²) in [5.74, 6) is 0. The topological polar surface area (TPSA) is 29.4 Å². The van der Waals surface area contributed by atoms with Crippen molar-refractivity contribution >= 4 is 0 Å². The first-order chi connectivity index (χ1) is 2.56. The number of rotatable bonds is 0. The molecular weight excluding hydrogens is 106 g/mol. The summed E-state index contributed by atoms with van der Waals surface area (Å²) in [7, 11) is 0. The van der Waals surface area contributed by atoms with Crippen molar-refractivity contribution in [1.29, 1.82) is 0 Å². The molecule has 7 heavy (non-hydrogen) atoms. The molecule has 0 unspecified atom stereocenters. The molecule has 6 heteroatoms. The van der Waals surface area contributed by atoms with E-state index in [1.165, 1.54) is 0 Å². The molecule has 38 valence electrons. The monoisotopic (exact) mass is 107 g/mol.